The molecule has 0 aromatic heterocycles. The van der Waals surface area contributed by atoms with E-state index in [2.05, 4.69) is 5.32 Å². The average molecular weight is 315 g/mol. The minimum absolute atomic E-state index is 0.151. The highest BCUT2D eigenvalue weighted by Gasteiger charge is 2.36. The Labute approximate surface area is 122 Å². The zero-order valence-electron chi connectivity index (χ0n) is 11.7. The van der Waals surface area contributed by atoms with Crippen LogP contribution in [0.3, 0.4) is 0 Å². The number of sulfonamides is 1. The van der Waals surface area contributed by atoms with Crippen LogP contribution in [0.4, 0.5) is 5.69 Å². The fourth-order valence-corrected chi connectivity index (χ4v) is 3.72. The number of benzene rings is 1. The molecule has 2 rings (SSSR count). The van der Waals surface area contributed by atoms with Gasteiger partial charge in [-0.2, -0.15) is 4.31 Å². The highest BCUT2D eigenvalue weighted by molar-refractivity contribution is 7.89. The van der Waals surface area contributed by atoms with Crippen molar-refractivity contribution < 1.29 is 18.4 Å². The second-order valence-electron chi connectivity index (χ2n) is 5.02. The van der Waals surface area contributed by atoms with Crippen molar-refractivity contribution in [3.8, 4) is 0 Å². The number of nitro benzene ring substituents is 1. The summed E-state index contributed by atoms with van der Waals surface area (Å²) < 4.78 is 26.1. The van der Waals surface area contributed by atoms with Gasteiger partial charge in [0.05, 0.1) is 22.0 Å². The van der Waals surface area contributed by atoms with Crippen LogP contribution in [-0.2, 0) is 10.0 Å². The smallest absolute Gasteiger partial charge is 0.273 e. The molecule has 0 spiro atoms. The minimum Gasteiger partial charge on any atom is -0.390 e. The molecule has 1 aromatic rings. The molecular weight excluding hydrogens is 298 g/mol. The van der Waals surface area contributed by atoms with Gasteiger partial charge in [-0.1, -0.05) is 6.07 Å². The Morgan fingerprint density at radius 3 is 2.62 bits per heavy atom. The zero-order valence-corrected chi connectivity index (χ0v) is 12.5. The molecule has 0 radical (unpaired) electrons. The Morgan fingerprint density at radius 1 is 1.43 bits per heavy atom. The van der Waals surface area contributed by atoms with Crippen LogP contribution < -0.4 is 5.32 Å². The quantitative estimate of drug-likeness (QED) is 0.590. The third-order valence-corrected chi connectivity index (χ3v) is 5.55. The number of rotatable bonds is 4. The van der Waals surface area contributed by atoms with Crippen molar-refractivity contribution in [1.29, 1.82) is 0 Å². The van der Waals surface area contributed by atoms with Crippen LogP contribution in [0.2, 0.25) is 0 Å². The molecule has 0 amide bonds. The first-order valence-electron chi connectivity index (χ1n) is 6.37. The van der Waals surface area contributed by atoms with E-state index in [0.29, 0.717) is 18.7 Å². The van der Waals surface area contributed by atoms with E-state index in [1.165, 1.54) is 19.2 Å². The molecule has 0 unspecified atom stereocenters. The molecule has 21 heavy (non-hydrogen) atoms. The summed E-state index contributed by atoms with van der Waals surface area (Å²) in [6.07, 6.45) is -0.801. The highest BCUT2D eigenvalue weighted by atomic mass is 32.2. The lowest BCUT2D eigenvalue weighted by Gasteiger charge is -2.25. The van der Waals surface area contributed by atoms with E-state index in [4.69, 9.17) is 0 Å². The van der Waals surface area contributed by atoms with Gasteiger partial charge in [-0.25, -0.2) is 8.42 Å². The van der Waals surface area contributed by atoms with Crippen molar-refractivity contribution in [3.63, 3.8) is 0 Å². The first kappa shape index (κ1) is 15.8. The summed E-state index contributed by atoms with van der Waals surface area (Å²) in [5, 5.41) is 23.6. The van der Waals surface area contributed by atoms with Gasteiger partial charge in [0, 0.05) is 31.8 Å². The number of nitrogens with one attached hydrogen (secondary N) is 1. The van der Waals surface area contributed by atoms with Crippen LogP contribution in [0.5, 0.6) is 0 Å². The van der Waals surface area contributed by atoms with Gasteiger partial charge in [-0.15, -0.1) is 0 Å². The predicted octanol–water partition coefficient (Wildman–Crippen LogP) is -0.144. The van der Waals surface area contributed by atoms with Crippen LogP contribution in [0, 0.1) is 17.0 Å². The van der Waals surface area contributed by atoms with Crippen molar-refractivity contribution in [3.05, 3.63) is 33.9 Å². The Bertz CT molecular complexity index is 661. The molecule has 116 valence electrons. The summed E-state index contributed by atoms with van der Waals surface area (Å²) >= 11 is 0. The average Bonchev–Trinajstić information content (AvgIpc) is 2.83. The second kappa shape index (κ2) is 5.68. The van der Waals surface area contributed by atoms with Crippen molar-refractivity contribution in [2.24, 2.45) is 0 Å². The standard InChI is InChI=1S/C12H17N3O5S/c1-8-3-4-9(5-10(8)15(17)18)21(19,20)14(2)11-6-13-7-12(11)16/h3-5,11-13,16H,6-7H2,1-2H3/t11-,12-/m1/s1. The third-order valence-electron chi connectivity index (χ3n) is 3.67. The normalized spacial score (nSPS) is 22.7. The van der Waals surface area contributed by atoms with Crippen molar-refractivity contribution in [2.75, 3.05) is 20.1 Å². The van der Waals surface area contributed by atoms with E-state index in [-0.39, 0.29) is 10.6 Å². The maximum atomic E-state index is 12.5. The molecule has 1 heterocycles. The Balaban J connectivity index is 2.39. The Hall–Kier alpha value is -1.55. The zero-order chi connectivity index (χ0) is 15.8. The molecule has 0 saturated carbocycles. The van der Waals surface area contributed by atoms with Crippen molar-refractivity contribution in [1.82, 2.24) is 9.62 Å². The van der Waals surface area contributed by atoms with E-state index in [0.717, 1.165) is 10.4 Å². The Kier molecular flexibility index (Phi) is 4.28. The van der Waals surface area contributed by atoms with E-state index in [9.17, 15) is 23.6 Å². The van der Waals surface area contributed by atoms with Gasteiger partial charge in [0.1, 0.15) is 0 Å². The summed E-state index contributed by atoms with van der Waals surface area (Å²) in [6, 6.07) is 3.21. The van der Waals surface area contributed by atoms with Gasteiger partial charge in [0.15, 0.2) is 0 Å². The molecule has 1 aromatic carbocycles. The summed E-state index contributed by atoms with van der Waals surface area (Å²) in [7, 11) is -2.54. The number of hydrogen-bond acceptors (Lipinski definition) is 6. The molecule has 9 heteroatoms. The lowest BCUT2D eigenvalue weighted by molar-refractivity contribution is -0.385. The second-order valence-corrected chi connectivity index (χ2v) is 7.02. The largest absolute Gasteiger partial charge is 0.390 e. The molecule has 1 fully saturated rings. The van der Waals surface area contributed by atoms with E-state index in [1.54, 1.807) is 6.92 Å². The number of β-amino-alcohol motifs (C(OH)–C–C–N with tert-alkyl or cyclic N) is 1. The fraction of sp³-hybridized carbons (Fsp3) is 0.500. The molecule has 8 nitrogen and oxygen atoms in total. The first-order valence-corrected chi connectivity index (χ1v) is 7.81. The molecule has 2 N–H and O–H groups in total. The van der Waals surface area contributed by atoms with E-state index < -0.39 is 27.1 Å². The van der Waals surface area contributed by atoms with Crippen LogP contribution in [0.1, 0.15) is 5.56 Å². The SMILES string of the molecule is Cc1ccc(S(=O)(=O)N(C)[C@@H]2CNC[C@H]2O)cc1[N+](=O)[O-]. The van der Waals surface area contributed by atoms with Gasteiger partial charge in [0.25, 0.3) is 5.69 Å². The number of likely N-dealkylation sites (N-methyl/N-ethyl adjacent to an activating group) is 1. The number of nitrogens with zero attached hydrogens (tertiary/aromatic N) is 2. The molecule has 0 bridgehead atoms. The van der Waals surface area contributed by atoms with E-state index in [1.807, 2.05) is 0 Å². The summed E-state index contributed by atoms with van der Waals surface area (Å²) in [4.78, 5) is 10.2. The number of nitro groups is 1. The van der Waals surface area contributed by atoms with Crippen LogP contribution in [0.15, 0.2) is 23.1 Å². The predicted molar refractivity (Wildman–Crippen MR) is 75.4 cm³/mol. The minimum atomic E-state index is -3.90. The number of aliphatic hydroxyl groups excluding tert-OH is 1. The molecule has 1 aliphatic heterocycles. The molecular formula is C12H17N3O5S. The molecule has 1 saturated heterocycles. The summed E-state index contributed by atoms with van der Waals surface area (Å²) in [5.41, 5.74) is 0.152. The number of hydrogen-bond donors (Lipinski definition) is 2. The third kappa shape index (κ3) is 2.91. The lowest BCUT2D eigenvalue weighted by Crippen LogP contribution is -2.44. The van der Waals surface area contributed by atoms with Crippen LogP contribution >= 0.6 is 0 Å². The fourth-order valence-electron chi connectivity index (χ4n) is 2.31. The maximum absolute atomic E-state index is 12.5. The molecule has 2 atom stereocenters. The topological polar surface area (TPSA) is 113 Å². The first-order chi connectivity index (χ1) is 9.75. The van der Waals surface area contributed by atoms with Gasteiger partial charge in [-0.05, 0) is 13.0 Å². The maximum Gasteiger partial charge on any atom is 0.273 e. The number of aryl methyl sites for hydroxylation is 1. The van der Waals surface area contributed by atoms with Gasteiger partial charge < -0.3 is 10.4 Å². The monoisotopic (exact) mass is 315 g/mol. The van der Waals surface area contributed by atoms with Crippen LogP contribution in [0.25, 0.3) is 0 Å². The highest BCUT2D eigenvalue weighted by Crippen LogP contribution is 2.25. The van der Waals surface area contributed by atoms with Gasteiger partial charge >= 0.3 is 0 Å². The van der Waals surface area contributed by atoms with Gasteiger partial charge in [0.2, 0.25) is 10.0 Å². The lowest BCUT2D eigenvalue weighted by atomic mass is 10.2. The van der Waals surface area contributed by atoms with Crippen molar-refractivity contribution >= 4 is 15.7 Å². The molecule has 1 aliphatic rings. The molecule has 0 aliphatic carbocycles. The van der Waals surface area contributed by atoms with E-state index >= 15 is 0 Å². The Morgan fingerprint density at radius 2 is 2.10 bits per heavy atom. The summed E-state index contributed by atoms with van der Waals surface area (Å²) in [5.74, 6) is 0. The van der Waals surface area contributed by atoms with Crippen LogP contribution in [-0.4, -0.2) is 55.0 Å². The van der Waals surface area contributed by atoms with Crippen molar-refractivity contribution in [2.45, 2.75) is 24.0 Å². The number of aliphatic hydroxyl groups is 1. The summed E-state index contributed by atoms with van der Waals surface area (Å²) in [6.45, 7) is 2.20. The van der Waals surface area contributed by atoms with Gasteiger partial charge in [-0.3, -0.25) is 10.1 Å².